The fourth-order valence-corrected chi connectivity index (χ4v) is 11.2. The minimum atomic E-state index is -3.02. The van der Waals surface area contributed by atoms with Crippen molar-refractivity contribution in [2.45, 2.75) is 88.8 Å². The Morgan fingerprint density at radius 3 is 2.42 bits per heavy atom. The third-order valence-corrected chi connectivity index (χ3v) is 13.4. The van der Waals surface area contributed by atoms with Gasteiger partial charge in [-0.2, -0.15) is 0 Å². The first-order chi connectivity index (χ1) is 23.8. The van der Waals surface area contributed by atoms with E-state index in [9.17, 15) is 29.1 Å². The molecular formula is C38H43N3O8Si. The summed E-state index contributed by atoms with van der Waals surface area (Å²) in [6.07, 6.45) is -0.767. The average molecular weight is 698 g/mol. The van der Waals surface area contributed by atoms with E-state index in [0.717, 1.165) is 16.7 Å². The summed E-state index contributed by atoms with van der Waals surface area (Å²) in [4.78, 5) is 69.6. The lowest BCUT2D eigenvalue weighted by Gasteiger charge is -2.39. The molecule has 12 heteroatoms. The summed E-state index contributed by atoms with van der Waals surface area (Å²) in [6, 6.07) is 22.3. The highest BCUT2D eigenvalue weighted by atomic mass is 28.4. The molecule has 0 aliphatic carbocycles. The summed E-state index contributed by atoms with van der Waals surface area (Å²) in [7, 11) is -3.02. The van der Waals surface area contributed by atoms with Crippen LogP contribution in [0.5, 0.6) is 0 Å². The fourth-order valence-electron chi connectivity index (χ4n) is 8.69. The lowest BCUT2D eigenvalue weighted by atomic mass is 9.82. The molecule has 3 amide bonds. The Bertz CT molecular complexity index is 1860. The van der Waals surface area contributed by atoms with Crippen molar-refractivity contribution in [3.63, 3.8) is 0 Å². The van der Waals surface area contributed by atoms with Gasteiger partial charge >= 0.3 is 5.97 Å². The second-order valence-corrected chi connectivity index (χ2v) is 18.5. The van der Waals surface area contributed by atoms with Gasteiger partial charge in [0.1, 0.15) is 0 Å². The van der Waals surface area contributed by atoms with Crippen LogP contribution in [0.2, 0.25) is 18.6 Å². The zero-order valence-electron chi connectivity index (χ0n) is 28.7. The highest BCUT2D eigenvalue weighted by Gasteiger charge is 2.66. The maximum atomic E-state index is 14.8. The lowest BCUT2D eigenvalue weighted by Crippen LogP contribution is -2.54. The Morgan fingerprint density at radius 2 is 1.72 bits per heavy atom. The van der Waals surface area contributed by atoms with Crippen LogP contribution in [0.25, 0.3) is 0 Å². The van der Waals surface area contributed by atoms with E-state index in [-0.39, 0.29) is 49.8 Å². The van der Waals surface area contributed by atoms with Crippen molar-refractivity contribution in [2.75, 3.05) is 16.4 Å². The summed E-state index contributed by atoms with van der Waals surface area (Å²) in [5.41, 5.74) is 3.00. The summed E-state index contributed by atoms with van der Waals surface area (Å²) in [5.74, 6) is -1.54. The maximum absolute atomic E-state index is 14.8. The molecule has 2 saturated heterocycles. The summed E-state index contributed by atoms with van der Waals surface area (Å²) in [5, 5.41) is 10.3. The molecule has 11 nitrogen and oxygen atoms in total. The predicted molar refractivity (Wildman–Crippen MR) is 187 cm³/mol. The van der Waals surface area contributed by atoms with Gasteiger partial charge < -0.3 is 29.2 Å². The van der Waals surface area contributed by atoms with Crippen LogP contribution in [0, 0.1) is 5.92 Å². The van der Waals surface area contributed by atoms with Crippen LogP contribution in [-0.2, 0) is 53.8 Å². The number of hydrogen-bond acceptors (Lipinski definition) is 8. The molecule has 0 saturated carbocycles. The molecule has 4 aliphatic heterocycles. The molecule has 3 aromatic rings. The van der Waals surface area contributed by atoms with Gasteiger partial charge in [-0.25, -0.2) is 0 Å². The second kappa shape index (κ2) is 12.8. The number of para-hydroxylation sites is 1. The summed E-state index contributed by atoms with van der Waals surface area (Å²) >= 11 is 0. The van der Waals surface area contributed by atoms with Crippen molar-refractivity contribution in [1.82, 2.24) is 4.90 Å². The Labute approximate surface area is 292 Å². The number of amides is 3. The number of ether oxygens (including phenoxy) is 2. The van der Waals surface area contributed by atoms with Gasteiger partial charge in [-0.05, 0) is 54.4 Å². The molecule has 50 heavy (non-hydrogen) atoms. The Hall–Kier alpha value is -4.36. The smallest absolute Gasteiger partial charge is 0.304 e. The molecule has 4 heterocycles. The van der Waals surface area contributed by atoms with Crippen LogP contribution in [0.15, 0.2) is 72.8 Å². The normalized spacial score (nSPS) is 27.3. The van der Waals surface area contributed by atoms with Crippen molar-refractivity contribution >= 4 is 43.4 Å². The van der Waals surface area contributed by atoms with Crippen LogP contribution < -0.4 is 9.80 Å². The van der Waals surface area contributed by atoms with Crippen molar-refractivity contribution in [3.05, 3.63) is 95.1 Å². The van der Waals surface area contributed by atoms with Crippen LogP contribution in [0.3, 0.4) is 0 Å². The van der Waals surface area contributed by atoms with Crippen LogP contribution in [-0.4, -0.2) is 71.8 Å². The lowest BCUT2D eigenvalue weighted by molar-refractivity contribution is -0.154. The highest BCUT2D eigenvalue weighted by molar-refractivity contribution is 6.71. The van der Waals surface area contributed by atoms with Gasteiger partial charge in [0.05, 0.1) is 43.8 Å². The molecule has 262 valence electrons. The van der Waals surface area contributed by atoms with E-state index < -0.39 is 43.7 Å². The first kappa shape index (κ1) is 34.1. The molecular weight excluding hydrogens is 655 g/mol. The predicted octanol–water partition coefficient (Wildman–Crippen LogP) is 3.99. The van der Waals surface area contributed by atoms with E-state index in [1.165, 1.54) is 11.8 Å². The SMILES string of the molecule is CC(=O)OC1CC(=O)N1c1cccc(CN2C(=O)[C@@]3(O[C@@H](CC(=O)N4Cc5ccccc5C[C@H]4CO)[C@H]([Si](C)(C)O)[C@H]3C)c3ccccc32)c1. The molecule has 0 bridgehead atoms. The number of nitrogens with zero attached hydrogens (tertiary/aromatic N) is 3. The molecule has 1 unspecified atom stereocenters. The van der Waals surface area contributed by atoms with Crippen molar-refractivity contribution in [2.24, 2.45) is 5.92 Å². The van der Waals surface area contributed by atoms with E-state index in [4.69, 9.17) is 9.47 Å². The number of carbonyl (C=O) groups is 4. The number of carbonyl (C=O) groups excluding carboxylic acids is 4. The third kappa shape index (κ3) is 5.64. The van der Waals surface area contributed by atoms with Gasteiger partial charge in [-0.15, -0.1) is 0 Å². The minimum Gasteiger partial charge on any atom is -0.441 e. The van der Waals surface area contributed by atoms with Crippen LogP contribution in [0.4, 0.5) is 11.4 Å². The van der Waals surface area contributed by atoms with Crippen LogP contribution in [0.1, 0.15) is 48.9 Å². The summed E-state index contributed by atoms with van der Waals surface area (Å²) < 4.78 is 12.2. The summed E-state index contributed by atoms with van der Waals surface area (Å²) in [6.45, 7) is 7.29. The zero-order chi connectivity index (χ0) is 35.5. The number of aliphatic hydroxyl groups excluding tert-OH is 1. The fraction of sp³-hybridized carbons (Fsp3) is 0.421. The number of aliphatic hydroxyl groups is 1. The van der Waals surface area contributed by atoms with Crippen LogP contribution >= 0.6 is 0 Å². The number of fused-ring (bicyclic) bond motifs is 3. The van der Waals surface area contributed by atoms with Crippen molar-refractivity contribution < 1.29 is 38.6 Å². The highest BCUT2D eigenvalue weighted by Crippen LogP contribution is 2.59. The maximum Gasteiger partial charge on any atom is 0.304 e. The molecule has 6 atom stereocenters. The molecule has 0 aromatic heterocycles. The van der Waals surface area contributed by atoms with Gasteiger partial charge in [0.25, 0.3) is 5.91 Å². The van der Waals surface area contributed by atoms with E-state index in [0.29, 0.717) is 29.9 Å². The number of benzene rings is 3. The average Bonchev–Trinajstić information content (AvgIpc) is 3.49. The largest absolute Gasteiger partial charge is 0.441 e. The number of hydrogen-bond donors (Lipinski definition) is 2. The van der Waals surface area contributed by atoms with Gasteiger partial charge in [0.2, 0.25) is 11.8 Å². The Balaban J connectivity index is 1.18. The number of β-lactam (4-membered cyclic amide) rings is 1. The molecule has 2 fully saturated rings. The van der Waals surface area contributed by atoms with Crippen molar-refractivity contribution in [3.8, 4) is 0 Å². The van der Waals surface area contributed by atoms with Gasteiger partial charge in [0.15, 0.2) is 20.1 Å². The number of rotatable bonds is 8. The number of esters is 1. The topological polar surface area (TPSA) is 137 Å². The molecule has 3 aromatic carbocycles. The molecule has 0 radical (unpaired) electrons. The molecule has 7 rings (SSSR count). The van der Waals surface area contributed by atoms with E-state index in [2.05, 4.69) is 0 Å². The molecule has 4 aliphatic rings. The molecule has 2 N–H and O–H groups in total. The first-order valence-electron chi connectivity index (χ1n) is 17.2. The number of anilines is 2. The standard InChI is InChI=1S/C38H43N3O8Si/c1-23-36(50(3,4)47)32(18-33(44)39-21-27-12-6-5-11-26(27)17-29(39)22-42)49-38(23)30-14-7-8-15-31(30)40(37(38)46)20-25-10-9-13-28(16-25)41-34(45)19-35(41)48-24(2)43/h5-16,23,29,32,35-36,42,47H,17-22H2,1-4H3/t23-,29+,32+,35?,36-,38+/m1/s1. The third-order valence-electron chi connectivity index (χ3n) is 10.9. The minimum absolute atomic E-state index is 0.0305. The van der Waals surface area contributed by atoms with Crippen molar-refractivity contribution in [1.29, 1.82) is 0 Å². The van der Waals surface area contributed by atoms with E-state index in [1.807, 2.05) is 80.7 Å². The van der Waals surface area contributed by atoms with Gasteiger partial charge in [-0.3, -0.25) is 24.1 Å². The Morgan fingerprint density at radius 1 is 1.00 bits per heavy atom. The van der Waals surface area contributed by atoms with Gasteiger partial charge in [-0.1, -0.05) is 61.5 Å². The van der Waals surface area contributed by atoms with E-state index >= 15 is 0 Å². The zero-order valence-corrected chi connectivity index (χ0v) is 29.7. The molecule has 1 spiro atoms. The Kier molecular flexibility index (Phi) is 8.70. The first-order valence-corrected chi connectivity index (χ1v) is 20.2. The monoisotopic (exact) mass is 697 g/mol. The van der Waals surface area contributed by atoms with Gasteiger partial charge in [0, 0.05) is 36.2 Å². The second-order valence-electron chi connectivity index (χ2n) is 14.5. The quantitative estimate of drug-likeness (QED) is 0.205. The van der Waals surface area contributed by atoms with E-state index in [1.54, 1.807) is 21.9 Å².